The third-order valence-corrected chi connectivity index (χ3v) is 4.98. The van der Waals surface area contributed by atoms with Crippen molar-refractivity contribution in [3.63, 3.8) is 0 Å². The van der Waals surface area contributed by atoms with Gasteiger partial charge in [0.05, 0.1) is 5.52 Å². The molecular formula is C23H28N4O2. The van der Waals surface area contributed by atoms with Crippen molar-refractivity contribution in [1.82, 2.24) is 14.3 Å². The van der Waals surface area contributed by atoms with Crippen LogP contribution in [0.25, 0.3) is 5.52 Å². The Morgan fingerprint density at radius 2 is 1.86 bits per heavy atom. The number of anilines is 1. The second-order valence-corrected chi connectivity index (χ2v) is 7.55. The highest BCUT2D eigenvalue weighted by molar-refractivity contribution is 6.08. The number of nitrogens with zero attached hydrogens (tertiary/aromatic N) is 3. The number of rotatable bonds is 7. The van der Waals surface area contributed by atoms with Gasteiger partial charge in [-0.15, -0.1) is 0 Å². The third-order valence-electron chi connectivity index (χ3n) is 4.98. The van der Waals surface area contributed by atoms with Crippen LogP contribution in [0.1, 0.15) is 66.2 Å². The van der Waals surface area contributed by atoms with Crippen LogP contribution >= 0.6 is 0 Å². The van der Waals surface area contributed by atoms with Crippen molar-refractivity contribution in [3.8, 4) is 0 Å². The number of benzene rings is 1. The summed E-state index contributed by atoms with van der Waals surface area (Å²) in [4.78, 5) is 31.9. The molecule has 0 saturated heterocycles. The first-order valence-electron chi connectivity index (χ1n) is 10.1. The van der Waals surface area contributed by atoms with Gasteiger partial charge in [0.25, 0.3) is 11.8 Å². The van der Waals surface area contributed by atoms with Crippen molar-refractivity contribution in [2.45, 2.75) is 39.5 Å². The second-order valence-electron chi connectivity index (χ2n) is 7.55. The zero-order chi connectivity index (χ0) is 21.0. The minimum Gasteiger partial charge on any atom is -0.339 e. The molecule has 0 bridgehead atoms. The molecule has 0 fully saturated rings. The highest BCUT2D eigenvalue weighted by atomic mass is 16.2. The van der Waals surface area contributed by atoms with Crippen LogP contribution in [0.15, 0.2) is 48.7 Å². The van der Waals surface area contributed by atoms with Gasteiger partial charge in [0.1, 0.15) is 0 Å². The Morgan fingerprint density at radius 1 is 1.14 bits per heavy atom. The first kappa shape index (κ1) is 20.6. The van der Waals surface area contributed by atoms with Crippen LogP contribution in [0.3, 0.4) is 0 Å². The topological polar surface area (TPSA) is 66.7 Å². The summed E-state index contributed by atoms with van der Waals surface area (Å²) in [5.74, 6) is 0.149. The van der Waals surface area contributed by atoms with E-state index >= 15 is 0 Å². The molecule has 0 aliphatic carbocycles. The average Bonchev–Trinajstić information content (AvgIpc) is 3.11. The van der Waals surface area contributed by atoms with Crippen LogP contribution in [0, 0.1) is 0 Å². The maximum atomic E-state index is 12.9. The molecule has 0 spiro atoms. The van der Waals surface area contributed by atoms with Crippen molar-refractivity contribution >= 4 is 23.0 Å². The predicted octanol–water partition coefficient (Wildman–Crippen LogP) is 4.58. The molecule has 152 valence electrons. The normalized spacial score (nSPS) is 11.1. The number of hydrogen-bond acceptors (Lipinski definition) is 3. The standard InChI is InChI=1S/C23H28N4O2/c1-5-6-14-26(4)23(29)21-25-20(19-9-7-8-15-27(19)21)22(28)24-18-12-10-17(11-13-18)16(2)3/h7-13,15-16H,5-6,14H2,1-4H3,(H,24,28). The van der Waals surface area contributed by atoms with Gasteiger partial charge in [-0.3, -0.25) is 14.0 Å². The van der Waals surface area contributed by atoms with Gasteiger partial charge in [0.15, 0.2) is 5.69 Å². The molecule has 1 aromatic carbocycles. The SMILES string of the molecule is CCCCN(C)C(=O)c1nc(C(=O)Nc2ccc(C(C)C)cc2)c2ccccn12. The number of amides is 2. The number of carbonyl (C=O) groups is 2. The molecule has 0 saturated carbocycles. The fraction of sp³-hybridized carbons (Fsp3) is 0.348. The summed E-state index contributed by atoms with van der Waals surface area (Å²) < 4.78 is 1.68. The Hall–Kier alpha value is -3.15. The molecule has 6 nitrogen and oxygen atoms in total. The summed E-state index contributed by atoms with van der Waals surface area (Å²) in [6, 6.07) is 13.2. The summed E-state index contributed by atoms with van der Waals surface area (Å²) in [6.45, 7) is 6.99. The maximum Gasteiger partial charge on any atom is 0.289 e. The Balaban J connectivity index is 1.89. The van der Waals surface area contributed by atoms with Crippen molar-refractivity contribution in [2.24, 2.45) is 0 Å². The third kappa shape index (κ3) is 4.47. The van der Waals surface area contributed by atoms with E-state index in [9.17, 15) is 9.59 Å². The van der Waals surface area contributed by atoms with Crippen molar-refractivity contribution in [1.29, 1.82) is 0 Å². The molecule has 1 N–H and O–H groups in total. The number of aromatic nitrogens is 2. The number of hydrogen-bond donors (Lipinski definition) is 1. The van der Waals surface area contributed by atoms with Gasteiger partial charge < -0.3 is 10.2 Å². The Bertz CT molecular complexity index is 1010. The summed E-state index contributed by atoms with van der Waals surface area (Å²) >= 11 is 0. The predicted molar refractivity (Wildman–Crippen MR) is 116 cm³/mol. The number of fused-ring (bicyclic) bond motifs is 1. The minimum atomic E-state index is -0.332. The first-order valence-corrected chi connectivity index (χ1v) is 10.1. The van der Waals surface area contributed by atoms with Crippen LogP contribution in [-0.4, -0.2) is 39.7 Å². The summed E-state index contributed by atoms with van der Waals surface area (Å²) in [5.41, 5.74) is 2.75. The van der Waals surface area contributed by atoms with Crippen LogP contribution in [0.5, 0.6) is 0 Å². The van der Waals surface area contributed by atoms with Crippen LogP contribution in [0.4, 0.5) is 5.69 Å². The highest BCUT2D eigenvalue weighted by Gasteiger charge is 2.23. The Kier molecular flexibility index (Phi) is 6.32. The molecule has 2 aromatic heterocycles. The average molecular weight is 393 g/mol. The molecule has 0 unspecified atom stereocenters. The van der Waals surface area contributed by atoms with Crippen LogP contribution < -0.4 is 5.32 Å². The van der Waals surface area contributed by atoms with Crippen molar-refractivity contribution < 1.29 is 9.59 Å². The van der Waals surface area contributed by atoms with Gasteiger partial charge in [-0.25, -0.2) is 4.98 Å². The van der Waals surface area contributed by atoms with E-state index in [0.29, 0.717) is 23.7 Å². The monoisotopic (exact) mass is 392 g/mol. The van der Waals surface area contributed by atoms with E-state index in [0.717, 1.165) is 12.8 Å². The van der Waals surface area contributed by atoms with E-state index in [1.807, 2.05) is 36.4 Å². The molecule has 0 atom stereocenters. The number of pyridine rings is 1. The fourth-order valence-corrected chi connectivity index (χ4v) is 3.16. The summed E-state index contributed by atoms with van der Waals surface area (Å²) in [5, 5.41) is 2.89. The zero-order valence-electron chi connectivity index (χ0n) is 17.5. The molecule has 0 radical (unpaired) electrons. The minimum absolute atomic E-state index is 0.194. The van der Waals surface area contributed by atoms with Gasteiger partial charge >= 0.3 is 0 Å². The molecule has 29 heavy (non-hydrogen) atoms. The van der Waals surface area contributed by atoms with E-state index in [1.165, 1.54) is 5.56 Å². The first-order chi connectivity index (χ1) is 13.9. The lowest BCUT2D eigenvalue weighted by atomic mass is 10.0. The van der Waals surface area contributed by atoms with Gasteiger partial charge in [-0.2, -0.15) is 0 Å². The maximum absolute atomic E-state index is 12.9. The molecular weight excluding hydrogens is 364 g/mol. The highest BCUT2D eigenvalue weighted by Crippen LogP contribution is 2.19. The second kappa shape index (κ2) is 8.90. The van der Waals surface area contributed by atoms with Crippen molar-refractivity contribution in [2.75, 3.05) is 18.9 Å². The van der Waals surface area contributed by atoms with E-state index in [4.69, 9.17) is 0 Å². The zero-order valence-corrected chi connectivity index (χ0v) is 17.5. The lowest BCUT2D eigenvalue weighted by molar-refractivity contribution is 0.0780. The Morgan fingerprint density at radius 3 is 2.52 bits per heavy atom. The molecule has 3 aromatic rings. The number of nitrogens with one attached hydrogen (secondary N) is 1. The molecule has 3 rings (SSSR count). The fourth-order valence-electron chi connectivity index (χ4n) is 3.16. The van der Waals surface area contributed by atoms with Gasteiger partial charge in [-0.05, 0) is 42.2 Å². The van der Waals surface area contributed by atoms with E-state index < -0.39 is 0 Å². The Labute approximate surface area is 171 Å². The van der Waals surface area contributed by atoms with E-state index in [2.05, 4.69) is 31.1 Å². The van der Waals surface area contributed by atoms with Gasteiger partial charge in [-0.1, -0.05) is 45.4 Å². The molecule has 2 heterocycles. The molecule has 6 heteroatoms. The smallest absolute Gasteiger partial charge is 0.289 e. The lowest BCUT2D eigenvalue weighted by Gasteiger charge is -2.15. The van der Waals surface area contributed by atoms with E-state index in [1.54, 1.807) is 28.6 Å². The van der Waals surface area contributed by atoms with Crippen molar-refractivity contribution in [3.05, 3.63) is 65.7 Å². The largest absolute Gasteiger partial charge is 0.339 e. The molecule has 0 aliphatic rings. The number of unbranched alkanes of at least 4 members (excludes halogenated alkanes) is 1. The lowest BCUT2D eigenvalue weighted by Crippen LogP contribution is -2.29. The number of imidazole rings is 1. The van der Waals surface area contributed by atoms with E-state index in [-0.39, 0.29) is 23.3 Å². The quantitative estimate of drug-likeness (QED) is 0.640. The number of carbonyl (C=O) groups excluding carboxylic acids is 2. The summed E-state index contributed by atoms with van der Waals surface area (Å²) in [7, 11) is 1.76. The van der Waals surface area contributed by atoms with Crippen LogP contribution in [0.2, 0.25) is 0 Å². The van der Waals surface area contributed by atoms with Gasteiger partial charge in [0.2, 0.25) is 5.82 Å². The molecule has 0 aliphatic heterocycles. The van der Waals surface area contributed by atoms with Crippen LogP contribution in [-0.2, 0) is 0 Å². The molecule has 2 amide bonds. The van der Waals surface area contributed by atoms with Gasteiger partial charge in [0, 0.05) is 25.5 Å². The summed E-state index contributed by atoms with van der Waals surface area (Å²) in [6.07, 6.45) is 3.69.